The first-order chi connectivity index (χ1) is 10.7. The summed E-state index contributed by atoms with van der Waals surface area (Å²) >= 11 is 1.60. The van der Waals surface area contributed by atoms with Crippen LogP contribution in [0.2, 0.25) is 0 Å². The molecular weight excluding hydrogens is 294 g/mol. The summed E-state index contributed by atoms with van der Waals surface area (Å²) in [6, 6.07) is 10.5. The van der Waals surface area contributed by atoms with E-state index in [1.807, 2.05) is 23.3 Å². The van der Waals surface area contributed by atoms with Crippen molar-refractivity contribution < 1.29 is 4.79 Å². The summed E-state index contributed by atoms with van der Waals surface area (Å²) in [5.74, 6) is 0.199. The number of hydrogen-bond donors (Lipinski definition) is 0. The Bertz CT molecular complexity index is 618. The third kappa shape index (κ3) is 3.93. The minimum Gasteiger partial charge on any atom is -0.340 e. The van der Waals surface area contributed by atoms with Gasteiger partial charge in [-0.15, -0.1) is 11.3 Å². The molecule has 0 atom stereocenters. The molecule has 1 aliphatic heterocycles. The van der Waals surface area contributed by atoms with Crippen molar-refractivity contribution in [1.82, 2.24) is 14.8 Å². The molecule has 4 nitrogen and oxygen atoms in total. The molecule has 5 heteroatoms. The van der Waals surface area contributed by atoms with Gasteiger partial charge in [-0.05, 0) is 12.5 Å². The van der Waals surface area contributed by atoms with Crippen molar-refractivity contribution >= 4 is 17.2 Å². The van der Waals surface area contributed by atoms with E-state index in [0.717, 1.165) is 43.4 Å². The van der Waals surface area contributed by atoms with Gasteiger partial charge >= 0.3 is 0 Å². The Kier molecular flexibility index (Phi) is 4.85. The summed E-state index contributed by atoms with van der Waals surface area (Å²) in [5.41, 5.74) is 2.24. The molecule has 1 fully saturated rings. The monoisotopic (exact) mass is 315 g/mol. The summed E-state index contributed by atoms with van der Waals surface area (Å²) < 4.78 is 0. The fraction of sp³-hybridized carbons (Fsp3) is 0.412. The molecule has 2 heterocycles. The van der Waals surface area contributed by atoms with E-state index in [0.29, 0.717) is 6.42 Å². The summed E-state index contributed by atoms with van der Waals surface area (Å²) in [4.78, 5) is 21.1. The fourth-order valence-corrected chi connectivity index (χ4v) is 3.37. The Morgan fingerprint density at radius 3 is 2.55 bits per heavy atom. The summed E-state index contributed by atoms with van der Waals surface area (Å²) in [6.07, 6.45) is 0.434. The van der Waals surface area contributed by atoms with Gasteiger partial charge in [-0.3, -0.25) is 9.69 Å². The van der Waals surface area contributed by atoms with Gasteiger partial charge in [0.25, 0.3) is 0 Å². The first kappa shape index (κ1) is 15.2. The molecule has 0 N–H and O–H groups in total. The zero-order valence-corrected chi connectivity index (χ0v) is 13.7. The van der Waals surface area contributed by atoms with Crippen molar-refractivity contribution in [3.8, 4) is 0 Å². The summed E-state index contributed by atoms with van der Waals surface area (Å²) in [7, 11) is 0. The van der Waals surface area contributed by atoms with E-state index in [9.17, 15) is 4.79 Å². The third-order valence-electron chi connectivity index (χ3n) is 3.97. The van der Waals surface area contributed by atoms with Crippen molar-refractivity contribution in [3.05, 3.63) is 52.0 Å². The Morgan fingerprint density at radius 2 is 1.91 bits per heavy atom. The maximum atomic E-state index is 12.3. The number of benzene rings is 1. The van der Waals surface area contributed by atoms with E-state index in [-0.39, 0.29) is 5.91 Å². The highest BCUT2D eigenvalue weighted by Crippen LogP contribution is 2.12. The highest BCUT2D eigenvalue weighted by molar-refractivity contribution is 7.09. The molecule has 1 aromatic heterocycles. The molecule has 3 rings (SSSR count). The van der Waals surface area contributed by atoms with Crippen molar-refractivity contribution in [2.75, 3.05) is 26.2 Å². The molecule has 2 aromatic rings. The molecule has 0 unspecified atom stereocenters. The Balaban J connectivity index is 1.48. The molecule has 1 saturated heterocycles. The van der Waals surface area contributed by atoms with Crippen LogP contribution in [0.4, 0.5) is 0 Å². The maximum absolute atomic E-state index is 12.3. The van der Waals surface area contributed by atoms with Crippen LogP contribution in [0.1, 0.15) is 16.3 Å². The molecule has 1 aliphatic rings. The van der Waals surface area contributed by atoms with Gasteiger partial charge in [0.2, 0.25) is 5.91 Å². The molecule has 0 aliphatic carbocycles. The van der Waals surface area contributed by atoms with Gasteiger partial charge < -0.3 is 4.90 Å². The molecule has 0 radical (unpaired) electrons. The fourth-order valence-electron chi connectivity index (χ4n) is 2.75. The van der Waals surface area contributed by atoms with Crippen LogP contribution in [-0.2, 0) is 17.8 Å². The van der Waals surface area contributed by atoms with Gasteiger partial charge in [-0.1, -0.05) is 30.3 Å². The molecule has 22 heavy (non-hydrogen) atoms. The second-order valence-corrected chi connectivity index (χ2v) is 6.74. The second-order valence-electron chi connectivity index (χ2n) is 5.68. The number of rotatable bonds is 4. The summed E-state index contributed by atoms with van der Waals surface area (Å²) in [6.45, 7) is 6.45. The molecular formula is C17H21N3OS. The molecule has 1 aromatic carbocycles. The first-order valence-electron chi connectivity index (χ1n) is 7.66. The molecule has 0 spiro atoms. The zero-order chi connectivity index (χ0) is 15.4. The largest absolute Gasteiger partial charge is 0.340 e. The van der Waals surface area contributed by atoms with Gasteiger partial charge in [-0.2, -0.15) is 0 Å². The van der Waals surface area contributed by atoms with Crippen molar-refractivity contribution in [3.63, 3.8) is 0 Å². The van der Waals surface area contributed by atoms with Crippen LogP contribution < -0.4 is 0 Å². The molecule has 0 saturated carbocycles. The lowest BCUT2D eigenvalue weighted by atomic mass is 10.2. The number of carbonyl (C=O) groups excluding carboxylic acids is 1. The van der Waals surface area contributed by atoms with Crippen LogP contribution in [0.3, 0.4) is 0 Å². The Labute approximate surface area is 135 Å². The molecule has 0 bridgehead atoms. The Morgan fingerprint density at radius 1 is 1.18 bits per heavy atom. The smallest absolute Gasteiger partial charge is 0.228 e. The predicted molar refractivity (Wildman–Crippen MR) is 88.9 cm³/mol. The lowest BCUT2D eigenvalue weighted by molar-refractivity contribution is -0.132. The van der Waals surface area contributed by atoms with Crippen molar-refractivity contribution in [2.45, 2.75) is 19.9 Å². The minimum atomic E-state index is 0.199. The van der Waals surface area contributed by atoms with Gasteiger partial charge in [0.1, 0.15) is 0 Å². The first-order valence-corrected chi connectivity index (χ1v) is 8.54. The van der Waals surface area contributed by atoms with Crippen molar-refractivity contribution in [2.24, 2.45) is 0 Å². The van der Waals surface area contributed by atoms with E-state index in [1.165, 1.54) is 5.56 Å². The number of thiazole rings is 1. The SMILES string of the molecule is Cc1nc(CC(=O)N2CCN(Cc3ccccc3)CC2)cs1. The van der Waals surface area contributed by atoms with Crippen LogP contribution in [0, 0.1) is 6.92 Å². The highest BCUT2D eigenvalue weighted by Gasteiger charge is 2.21. The number of aromatic nitrogens is 1. The van der Waals surface area contributed by atoms with Gasteiger partial charge in [0.05, 0.1) is 17.1 Å². The highest BCUT2D eigenvalue weighted by atomic mass is 32.1. The van der Waals surface area contributed by atoms with E-state index in [1.54, 1.807) is 11.3 Å². The van der Waals surface area contributed by atoms with Crippen molar-refractivity contribution in [1.29, 1.82) is 0 Å². The Hall–Kier alpha value is -1.72. The molecule has 116 valence electrons. The normalized spacial score (nSPS) is 16.0. The average Bonchev–Trinajstić information content (AvgIpc) is 2.94. The number of carbonyl (C=O) groups is 1. The number of hydrogen-bond acceptors (Lipinski definition) is 4. The lowest BCUT2D eigenvalue weighted by Gasteiger charge is -2.34. The second kappa shape index (κ2) is 7.03. The van der Waals surface area contributed by atoms with E-state index in [4.69, 9.17) is 0 Å². The number of amides is 1. The van der Waals surface area contributed by atoms with Gasteiger partial charge in [-0.25, -0.2) is 4.98 Å². The van der Waals surface area contributed by atoms with E-state index >= 15 is 0 Å². The zero-order valence-electron chi connectivity index (χ0n) is 12.9. The summed E-state index contributed by atoms with van der Waals surface area (Å²) in [5, 5.41) is 3.01. The molecule has 1 amide bonds. The predicted octanol–water partition coefficient (Wildman–Crippen LogP) is 2.34. The number of nitrogens with zero attached hydrogens (tertiary/aromatic N) is 3. The topological polar surface area (TPSA) is 36.4 Å². The van der Waals surface area contributed by atoms with Gasteiger partial charge in [0, 0.05) is 38.1 Å². The van der Waals surface area contributed by atoms with Gasteiger partial charge in [0.15, 0.2) is 0 Å². The van der Waals surface area contributed by atoms with E-state index < -0.39 is 0 Å². The average molecular weight is 315 g/mol. The van der Waals surface area contributed by atoms with E-state index in [2.05, 4.69) is 34.1 Å². The number of piperazine rings is 1. The van der Waals surface area contributed by atoms with Crippen LogP contribution in [-0.4, -0.2) is 46.9 Å². The lowest BCUT2D eigenvalue weighted by Crippen LogP contribution is -2.48. The quantitative estimate of drug-likeness (QED) is 0.869. The minimum absolute atomic E-state index is 0.199. The standard InChI is InChI=1S/C17H21N3OS/c1-14-18-16(13-22-14)11-17(21)20-9-7-19(8-10-20)12-15-5-3-2-4-6-15/h2-6,13H,7-12H2,1H3. The van der Waals surface area contributed by atoms with Crippen LogP contribution in [0.15, 0.2) is 35.7 Å². The third-order valence-corrected chi connectivity index (χ3v) is 4.80. The van der Waals surface area contributed by atoms with Crippen LogP contribution in [0.5, 0.6) is 0 Å². The van der Waals surface area contributed by atoms with Crippen LogP contribution >= 0.6 is 11.3 Å². The number of aryl methyl sites for hydroxylation is 1. The van der Waals surface area contributed by atoms with Crippen LogP contribution in [0.25, 0.3) is 0 Å². The maximum Gasteiger partial charge on any atom is 0.228 e.